The van der Waals surface area contributed by atoms with E-state index in [9.17, 15) is 4.79 Å². The summed E-state index contributed by atoms with van der Waals surface area (Å²) in [6.45, 7) is 2.78. The first-order valence-corrected chi connectivity index (χ1v) is 6.07. The zero-order chi connectivity index (χ0) is 10.4. The van der Waals surface area contributed by atoms with Crippen molar-refractivity contribution in [2.75, 3.05) is 26.7 Å². The number of carbonyl (C=O) groups is 1. The minimum Gasteiger partial charge on any atom is -0.468 e. The molecule has 0 aromatic carbocycles. The molecule has 0 N–H and O–H groups in total. The van der Waals surface area contributed by atoms with Crippen LogP contribution in [0.4, 0.5) is 0 Å². The Morgan fingerprint density at radius 1 is 1.27 bits per heavy atom. The highest BCUT2D eigenvalue weighted by atomic mass is 16.5. The van der Waals surface area contributed by atoms with E-state index in [4.69, 9.17) is 4.74 Å². The molecule has 0 amide bonds. The molecule has 0 radical (unpaired) electrons. The van der Waals surface area contributed by atoms with Gasteiger partial charge in [0.15, 0.2) is 0 Å². The van der Waals surface area contributed by atoms with Gasteiger partial charge in [-0.05, 0) is 42.9 Å². The van der Waals surface area contributed by atoms with Gasteiger partial charge in [-0.15, -0.1) is 0 Å². The zero-order valence-corrected chi connectivity index (χ0v) is 9.32. The fourth-order valence-corrected chi connectivity index (χ4v) is 4.15. The fourth-order valence-electron chi connectivity index (χ4n) is 4.15. The molecule has 3 fully saturated rings. The van der Waals surface area contributed by atoms with Gasteiger partial charge in [0.05, 0.1) is 13.7 Å². The molecule has 84 valence electrons. The molecule has 3 heteroatoms. The first-order valence-electron chi connectivity index (χ1n) is 6.07. The number of methoxy groups -OCH3 is 1. The van der Waals surface area contributed by atoms with Crippen molar-refractivity contribution in [2.45, 2.75) is 19.3 Å². The second-order valence-corrected chi connectivity index (χ2v) is 5.43. The number of likely N-dealkylation sites (tertiary alicyclic amines) is 1. The van der Waals surface area contributed by atoms with Crippen LogP contribution in [0.5, 0.6) is 0 Å². The molecule has 4 atom stereocenters. The third-order valence-electron chi connectivity index (χ3n) is 4.79. The van der Waals surface area contributed by atoms with Crippen LogP contribution in [0.2, 0.25) is 0 Å². The second kappa shape index (κ2) is 3.48. The summed E-state index contributed by atoms with van der Waals surface area (Å²) in [5, 5.41) is 0. The maximum atomic E-state index is 11.2. The van der Waals surface area contributed by atoms with Gasteiger partial charge < -0.3 is 4.74 Å². The Balaban J connectivity index is 1.62. The van der Waals surface area contributed by atoms with Crippen molar-refractivity contribution in [3.05, 3.63) is 0 Å². The number of hydrogen-bond donors (Lipinski definition) is 0. The number of esters is 1. The zero-order valence-electron chi connectivity index (χ0n) is 9.32. The number of ether oxygens (including phenoxy) is 1. The van der Waals surface area contributed by atoms with Crippen LogP contribution in [0, 0.1) is 23.7 Å². The molecule has 0 aromatic rings. The predicted octanol–water partition coefficient (Wildman–Crippen LogP) is 1.14. The van der Waals surface area contributed by atoms with E-state index in [1.54, 1.807) is 0 Å². The lowest BCUT2D eigenvalue weighted by Gasteiger charge is -2.22. The van der Waals surface area contributed by atoms with E-state index in [1.165, 1.54) is 26.4 Å². The number of rotatable bonds is 2. The van der Waals surface area contributed by atoms with E-state index < -0.39 is 0 Å². The summed E-state index contributed by atoms with van der Waals surface area (Å²) < 4.78 is 4.72. The van der Waals surface area contributed by atoms with E-state index >= 15 is 0 Å². The molecule has 3 nitrogen and oxygen atoms in total. The van der Waals surface area contributed by atoms with E-state index in [0.29, 0.717) is 6.54 Å². The molecule has 2 saturated carbocycles. The number of fused-ring (bicyclic) bond motifs is 5. The molecule has 3 aliphatic rings. The SMILES string of the molecule is COC(=O)CN1CC2C3CCC(C3)C2C1. The Morgan fingerprint density at radius 2 is 1.87 bits per heavy atom. The molecule has 3 rings (SSSR count). The molecule has 2 aliphatic carbocycles. The highest BCUT2D eigenvalue weighted by Crippen LogP contribution is 2.54. The summed E-state index contributed by atoms with van der Waals surface area (Å²) in [5.41, 5.74) is 0. The van der Waals surface area contributed by atoms with Crippen LogP contribution >= 0.6 is 0 Å². The van der Waals surface area contributed by atoms with Crippen LogP contribution in [-0.2, 0) is 9.53 Å². The van der Waals surface area contributed by atoms with Crippen LogP contribution in [0.3, 0.4) is 0 Å². The highest BCUT2D eigenvalue weighted by Gasteiger charge is 2.51. The molecule has 0 spiro atoms. The number of hydrogen-bond acceptors (Lipinski definition) is 3. The Labute approximate surface area is 90.8 Å². The fraction of sp³-hybridized carbons (Fsp3) is 0.917. The van der Waals surface area contributed by atoms with E-state index in [0.717, 1.165) is 36.8 Å². The van der Waals surface area contributed by atoms with Gasteiger partial charge in [0.2, 0.25) is 0 Å². The summed E-state index contributed by atoms with van der Waals surface area (Å²) >= 11 is 0. The van der Waals surface area contributed by atoms with Gasteiger partial charge in [0, 0.05) is 13.1 Å². The van der Waals surface area contributed by atoms with Crippen molar-refractivity contribution >= 4 is 5.97 Å². The lowest BCUT2D eigenvalue weighted by atomic mass is 9.82. The van der Waals surface area contributed by atoms with Gasteiger partial charge in [0.25, 0.3) is 0 Å². The third-order valence-corrected chi connectivity index (χ3v) is 4.79. The Bertz CT molecular complexity index is 261. The standard InChI is InChI=1S/C12H19NO2/c1-15-12(14)7-13-5-10-8-2-3-9(4-8)11(10)6-13/h8-11H,2-7H2,1H3. The number of carbonyl (C=O) groups excluding carboxylic acids is 1. The maximum absolute atomic E-state index is 11.2. The van der Waals surface area contributed by atoms with Crippen molar-refractivity contribution in [3.8, 4) is 0 Å². The molecule has 0 aromatic heterocycles. The summed E-state index contributed by atoms with van der Waals surface area (Å²) in [6, 6.07) is 0. The lowest BCUT2D eigenvalue weighted by Crippen LogP contribution is -2.29. The first kappa shape index (κ1) is 9.64. The van der Waals surface area contributed by atoms with Crippen LogP contribution in [0.15, 0.2) is 0 Å². The van der Waals surface area contributed by atoms with Gasteiger partial charge >= 0.3 is 5.97 Å². The minimum absolute atomic E-state index is 0.0812. The van der Waals surface area contributed by atoms with Crippen LogP contribution in [-0.4, -0.2) is 37.6 Å². The first-order chi connectivity index (χ1) is 7.28. The normalized spacial score (nSPS) is 43.3. The van der Waals surface area contributed by atoms with Crippen LogP contribution < -0.4 is 0 Å². The molecule has 1 heterocycles. The Hall–Kier alpha value is -0.570. The maximum Gasteiger partial charge on any atom is 0.319 e. The third kappa shape index (κ3) is 1.48. The Morgan fingerprint density at radius 3 is 2.40 bits per heavy atom. The van der Waals surface area contributed by atoms with Crippen molar-refractivity contribution in [1.29, 1.82) is 0 Å². The topological polar surface area (TPSA) is 29.5 Å². The quantitative estimate of drug-likeness (QED) is 0.639. The average Bonchev–Trinajstić information content (AvgIpc) is 2.87. The number of nitrogens with zero attached hydrogens (tertiary/aromatic N) is 1. The molecule has 2 bridgehead atoms. The van der Waals surface area contributed by atoms with Gasteiger partial charge in [0.1, 0.15) is 0 Å². The lowest BCUT2D eigenvalue weighted by molar-refractivity contribution is -0.141. The molecular formula is C12H19NO2. The summed E-state index contributed by atoms with van der Waals surface area (Å²) in [7, 11) is 1.48. The van der Waals surface area contributed by atoms with Gasteiger partial charge in [-0.2, -0.15) is 0 Å². The Kier molecular flexibility index (Phi) is 2.23. The molecule has 4 unspecified atom stereocenters. The predicted molar refractivity (Wildman–Crippen MR) is 56.3 cm³/mol. The smallest absolute Gasteiger partial charge is 0.319 e. The van der Waals surface area contributed by atoms with Crippen molar-refractivity contribution in [3.63, 3.8) is 0 Å². The van der Waals surface area contributed by atoms with Gasteiger partial charge in [-0.25, -0.2) is 0 Å². The van der Waals surface area contributed by atoms with E-state index in [1.807, 2.05) is 0 Å². The van der Waals surface area contributed by atoms with Crippen molar-refractivity contribution in [1.82, 2.24) is 4.90 Å². The minimum atomic E-state index is -0.0812. The second-order valence-electron chi connectivity index (χ2n) is 5.43. The largest absolute Gasteiger partial charge is 0.468 e. The van der Waals surface area contributed by atoms with Crippen LogP contribution in [0.25, 0.3) is 0 Å². The van der Waals surface area contributed by atoms with E-state index in [2.05, 4.69) is 4.90 Å². The average molecular weight is 209 g/mol. The molecule has 1 saturated heterocycles. The summed E-state index contributed by atoms with van der Waals surface area (Å²) in [5.74, 6) is 3.66. The van der Waals surface area contributed by atoms with Crippen LogP contribution in [0.1, 0.15) is 19.3 Å². The molecule has 1 aliphatic heterocycles. The molecule has 15 heavy (non-hydrogen) atoms. The van der Waals surface area contributed by atoms with Gasteiger partial charge in [-0.1, -0.05) is 0 Å². The summed E-state index contributed by atoms with van der Waals surface area (Å²) in [6.07, 6.45) is 4.36. The van der Waals surface area contributed by atoms with Gasteiger partial charge in [-0.3, -0.25) is 9.69 Å². The van der Waals surface area contributed by atoms with E-state index in [-0.39, 0.29) is 5.97 Å². The summed E-state index contributed by atoms with van der Waals surface area (Å²) in [4.78, 5) is 13.5. The highest BCUT2D eigenvalue weighted by molar-refractivity contribution is 5.71. The molecular weight excluding hydrogens is 190 g/mol. The van der Waals surface area contributed by atoms with Crippen molar-refractivity contribution < 1.29 is 9.53 Å². The van der Waals surface area contributed by atoms with Crippen molar-refractivity contribution in [2.24, 2.45) is 23.7 Å². The monoisotopic (exact) mass is 209 g/mol.